The summed E-state index contributed by atoms with van der Waals surface area (Å²) in [5.74, 6) is 1.17. The number of hydrogen-bond acceptors (Lipinski definition) is 2. The fraction of sp³-hybridized carbons (Fsp3) is 0.727. The minimum Gasteiger partial charge on any atom is -0.331 e. The molecule has 0 aromatic carbocycles. The molecule has 1 aromatic heterocycles. The van der Waals surface area contributed by atoms with Gasteiger partial charge in [0.25, 0.3) is 0 Å². The number of rotatable bonds is 2. The molecule has 1 fully saturated rings. The van der Waals surface area contributed by atoms with Crippen LogP contribution in [0.3, 0.4) is 0 Å². The van der Waals surface area contributed by atoms with Crippen LogP contribution in [0, 0.1) is 6.92 Å². The Morgan fingerprint density at radius 2 is 2.29 bits per heavy atom. The van der Waals surface area contributed by atoms with E-state index in [1.807, 2.05) is 0 Å². The van der Waals surface area contributed by atoms with Crippen molar-refractivity contribution in [3.63, 3.8) is 0 Å². The molecule has 3 nitrogen and oxygen atoms in total. The average Bonchev–Trinajstić information content (AvgIpc) is 2.92. The van der Waals surface area contributed by atoms with Gasteiger partial charge in [0.2, 0.25) is 0 Å². The molecule has 1 aliphatic carbocycles. The van der Waals surface area contributed by atoms with Crippen molar-refractivity contribution in [2.75, 3.05) is 0 Å². The highest BCUT2D eigenvalue weighted by Gasteiger charge is 2.28. The molecule has 76 valence electrons. The van der Waals surface area contributed by atoms with Crippen molar-refractivity contribution in [2.45, 2.75) is 51.2 Å². The Kier molecular flexibility index (Phi) is 1.87. The van der Waals surface area contributed by atoms with Crippen LogP contribution in [-0.4, -0.2) is 15.6 Å². The van der Waals surface area contributed by atoms with Crippen LogP contribution < -0.4 is 5.32 Å². The molecule has 0 saturated heterocycles. The Bertz CT molecular complexity index is 338. The second-order valence-electron chi connectivity index (χ2n) is 4.52. The predicted molar refractivity (Wildman–Crippen MR) is 55.1 cm³/mol. The van der Waals surface area contributed by atoms with Gasteiger partial charge in [0, 0.05) is 18.6 Å². The summed E-state index contributed by atoms with van der Waals surface area (Å²) in [6.07, 6.45) is 7.35. The van der Waals surface area contributed by atoms with Gasteiger partial charge in [-0.05, 0) is 32.6 Å². The Morgan fingerprint density at radius 1 is 1.43 bits per heavy atom. The molecule has 1 aliphatic heterocycles. The van der Waals surface area contributed by atoms with Crippen molar-refractivity contribution < 1.29 is 0 Å². The Balaban J connectivity index is 1.86. The highest BCUT2D eigenvalue weighted by Crippen LogP contribution is 2.30. The first-order valence-electron chi connectivity index (χ1n) is 5.62. The van der Waals surface area contributed by atoms with Gasteiger partial charge in [-0.1, -0.05) is 0 Å². The maximum Gasteiger partial charge on any atom is 0.105 e. The number of aromatic nitrogens is 2. The van der Waals surface area contributed by atoms with Gasteiger partial charge in [-0.15, -0.1) is 0 Å². The van der Waals surface area contributed by atoms with Crippen LogP contribution in [-0.2, 0) is 6.54 Å². The summed E-state index contributed by atoms with van der Waals surface area (Å²) in [6, 6.07) is 1.36. The first-order chi connectivity index (χ1) is 6.84. The van der Waals surface area contributed by atoms with Crippen LogP contribution >= 0.6 is 0 Å². The second-order valence-corrected chi connectivity index (χ2v) is 4.52. The van der Waals surface area contributed by atoms with Crippen LogP contribution in [0.2, 0.25) is 0 Å². The van der Waals surface area contributed by atoms with Gasteiger partial charge in [-0.2, -0.15) is 0 Å². The highest BCUT2D eigenvalue weighted by molar-refractivity contribution is 5.12. The van der Waals surface area contributed by atoms with Crippen LogP contribution in [0.25, 0.3) is 0 Å². The van der Waals surface area contributed by atoms with Gasteiger partial charge in [-0.3, -0.25) is 0 Å². The molecule has 3 heteroatoms. The van der Waals surface area contributed by atoms with Gasteiger partial charge >= 0.3 is 0 Å². The smallest absolute Gasteiger partial charge is 0.105 e. The fourth-order valence-corrected chi connectivity index (χ4v) is 2.36. The van der Waals surface area contributed by atoms with E-state index >= 15 is 0 Å². The number of fused-ring (bicyclic) bond motifs is 1. The predicted octanol–water partition coefficient (Wildman–Crippen LogP) is 1.78. The largest absolute Gasteiger partial charge is 0.331 e. The molecule has 0 bridgehead atoms. The van der Waals surface area contributed by atoms with E-state index in [0.717, 1.165) is 12.6 Å². The molecule has 1 N–H and O–H groups in total. The van der Waals surface area contributed by atoms with Gasteiger partial charge < -0.3 is 9.88 Å². The SMILES string of the molecule is Cc1ncc2n1CCCC2NC1CC1. The molecule has 1 unspecified atom stereocenters. The molecule has 0 amide bonds. The van der Waals surface area contributed by atoms with Crippen LogP contribution in [0.1, 0.15) is 43.2 Å². The van der Waals surface area contributed by atoms with Crippen molar-refractivity contribution in [3.8, 4) is 0 Å². The fourth-order valence-electron chi connectivity index (χ4n) is 2.36. The number of nitrogens with zero attached hydrogens (tertiary/aromatic N) is 2. The average molecular weight is 191 g/mol. The lowest BCUT2D eigenvalue weighted by Crippen LogP contribution is -2.29. The highest BCUT2D eigenvalue weighted by atomic mass is 15.1. The maximum atomic E-state index is 4.40. The third kappa shape index (κ3) is 1.36. The topological polar surface area (TPSA) is 29.9 Å². The molecule has 0 radical (unpaired) electrons. The summed E-state index contributed by atoms with van der Waals surface area (Å²) in [7, 11) is 0. The summed E-state index contributed by atoms with van der Waals surface area (Å²) in [6.45, 7) is 3.26. The molecule has 2 aliphatic rings. The summed E-state index contributed by atoms with van der Waals surface area (Å²) in [4.78, 5) is 4.40. The zero-order chi connectivity index (χ0) is 9.54. The summed E-state index contributed by atoms with van der Waals surface area (Å²) < 4.78 is 2.36. The molecular formula is C11H17N3. The van der Waals surface area contributed by atoms with E-state index in [1.165, 1.54) is 37.2 Å². The zero-order valence-electron chi connectivity index (χ0n) is 8.66. The lowest BCUT2D eigenvalue weighted by Gasteiger charge is -2.25. The Hall–Kier alpha value is -0.830. The first kappa shape index (κ1) is 8.48. The van der Waals surface area contributed by atoms with Crippen molar-refractivity contribution in [1.82, 2.24) is 14.9 Å². The zero-order valence-corrected chi connectivity index (χ0v) is 8.66. The van der Waals surface area contributed by atoms with Crippen LogP contribution in [0.4, 0.5) is 0 Å². The standard InChI is InChI=1S/C11H17N3/c1-8-12-7-11-10(13-9-4-5-9)3-2-6-14(8)11/h7,9-10,13H,2-6H2,1H3. The van der Waals surface area contributed by atoms with E-state index in [0.29, 0.717) is 6.04 Å². The number of imidazole rings is 1. The molecule has 3 rings (SSSR count). The number of nitrogens with one attached hydrogen (secondary N) is 1. The summed E-state index contributed by atoms with van der Waals surface area (Å²) in [5.41, 5.74) is 1.40. The van der Waals surface area contributed by atoms with Gasteiger partial charge in [-0.25, -0.2) is 4.98 Å². The third-order valence-corrected chi connectivity index (χ3v) is 3.33. The van der Waals surface area contributed by atoms with Crippen molar-refractivity contribution in [3.05, 3.63) is 17.7 Å². The lowest BCUT2D eigenvalue weighted by molar-refractivity contribution is 0.390. The summed E-state index contributed by atoms with van der Waals surface area (Å²) >= 11 is 0. The van der Waals surface area contributed by atoms with E-state index in [1.54, 1.807) is 0 Å². The van der Waals surface area contributed by atoms with Gasteiger partial charge in [0.15, 0.2) is 0 Å². The van der Waals surface area contributed by atoms with E-state index in [9.17, 15) is 0 Å². The van der Waals surface area contributed by atoms with Crippen LogP contribution in [0.15, 0.2) is 6.20 Å². The normalized spacial score (nSPS) is 26.2. The van der Waals surface area contributed by atoms with Crippen molar-refractivity contribution in [2.24, 2.45) is 0 Å². The summed E-state index contributed by atoms with van der Waals surface area (Å²) in [5, 5.41) is 3.70. The van der Waals surface area contributed by atoms with E-state index in [4.69, 9.17) is 0 Å². The molecule has 1 atom stereocenters. The Labute approximate surface area is 84.5 Å². The minimum atomic E-state index is 0.567. The number of hydrogen-bond donors (Lipinski definition) is 1. The quantitative estimate of drug-likeness (QED) is 0.772. The van der Waals surface area contributed by atoms with E-state index < -0.39 is 0 Å². The molecule has 1 aromatic rings. The monoisotopic (exact) mass is 191 g/mol. The first-order valence-corrected chi connectivity index (χ1v) is 5.62. The van der Waals surface area contributed by atoms with Crippen molar-refractivity contribution in [1.29, 1.82) is 0 Å². The lowest BCUT2D eigenvalue weighted by atomic mass is 10.0. The number of aryl methyl sites for hydroxylation is 1. The van der Waals surface area contributed by atoms with Gasteiger partial charge in [0.05, 0.1) is 11.9 Å². The minimum absolute atomic E-state index is 0.567. The second kappa shape index (κ2) is 3.09. The molecule has 1 saturated carbocycles. The molecule has 2 heterocycles. The Morgan fingerprint density at radius 3 is 3.07 bits per heavy atom. The van der Waals surface area contributed by atoms with Gasteiger partial charge in [0.1, 0.15) is 5.82 Å². The maximum absolute atomic E-state index is 4.40. The van der Waals surface area contributed by atoms with E-state index in [-0.39, 0.29) is 0 Å². The molecule has 14 heavy (non-hydrogen) atoms. The molecule has 0 spiro atoms. The molecular weight excluding hydrogens is 174 g/mol. The van der Waals surface area contributed by atoms with Crippen LogP contribution in [0.5, 0.6) is 0 Å². The van der Waals surface area contributed by atoms with E-state index in [2.05, 4.69) is 28.0 Å². The van der Waals surface area contributed by atoms with Crippen molar-refractivity contribution >= 4 is 0 Å². The third-order valence-electron chi connectivity index (χ3n) is 3.33.